The van der Waals surface area contributed by atoms with Gasteiger partial charge in [0.2, 0.25) is 0 Å². The summed E-state index contributed by atoms with van der Waals surface area (Å²) in [6.45, 7) is 4.05. The first kappa shape index (κ1) is 12.9. The van der Waals surface area contributed by atoms with Crippen LogP contribution < -0.4 is 10.9 Å². The monoisotopic (exact) mass is 272 g/mol. The van der Waals surface area contributed by atoms with E-state index in [1.54, 1.807) is 23.1 Å². The van der Waals surface area contributed by atoms with Crippen molar-refractivity contribution in [3.8, 4) is 0 Å². The number of rotatable bonds is 1. The summed E-state index contributed by atoms with van der Waals surface area (Å²) in [5.74, 6) is -0.251. The van der Waals surface area contributed by atoms with Crippen LogP contribution in [0.15, 0.2) is 39.5 Å². The second-order valence-electron chi connectivity index (χ2n) is 5.04. The maximum absolute atomic E-state index is 12.5. The predicted octanol–water partition coefficient (Wildman–Crippen LogP) is 1.23. The number of para-hydroxylation sites is 1. The first-order chi connectivity index (χ1) is 9.66. The number of hydrogen-bond acceptors (Lipinski definition) is 4. The van der Waals surface area contributed by atoms with Gasteiger partial charge in [0.25, 0.3) is 5.91 Å². The van der Waals surface area contributed by atoms with Crippen LogP contribution in [0.5, 0.6) is 0 Å². The summed E-state index contributed by atoms with van der Waals surface area (Å²) in [5, 5.41) is 3.98. The van der Waals surface area contributed by atoms with Gasteiger partial charge in [-0.2, -0.15) is 0 Å². The molecular weight excluding hydrogens is 256 g/mol. The molecule has 1 N–H and O–H groups in total. The van der Waals surface area contributed by atoms with Gasteiger partial charge < -0.3 is 14.6 Å². The van der Waals surface area contributed by atoms with E-state index in [1.165, 1.54) is 0 Å². The number of carbonyl (C=O) groups excluding carboxylic acids is 1. The molecule has 1 atom stereocenters. The summed E-state index contributed by atoms with van der Waals surface area (Å²) in [6.07, 6.45) is 0. The smallest absolute Gasteiger partial charge is 0.349 e. The Balaban J connectivity index is 2.02. The van der Waals surface area contributed by atoms with Gasteiger partial charge >= 0.3 is 5.63 Å². The molecule has 0 radical (unpaired) electrons. The van der Waals surface area contributed by atoms with E-state index in [1.807, 2.05) is 19.1 Å². The number of amides is 1. The van der Waals surface area contributed by atoms with Gasteiger partial charge in [-0.1, -0.05) is 18.2 Å². The average molecular weight is 272 g/mol. The van der Waals surface area contributed by atoms with E-state index in [0.29, 0.717) is 12.1 Å². The van der Waals surface area contributed by atoms with Crippen LogP contribution in [-0.4, -0.2) is 36.5 Å². The molecule has 0 spiro atoms. The van der Waals surface area contributed by atoms with Gasteiger partial charge in [0.15, 0.2) is 0 Å². The molecule has 2 heterocycles. The zero-order valence-electron chi connectivity index (χ0n) is 11.3. The fourth-order valence-electron chi connectivity index (χ4n) is 2.51. The van der Waals surface area contributed by atoms with Crippen LogP contribution in [0.2, 0.25) is 0 Å². The van der Waals surface area contributed by atoms with E-state index < -0.39 is 5.63 Å². The third-order valence-corrected chi connectivity index (χ3v) is 3.63. The van der Waals surface area contributed by atoms with Crippen LogP contribution >= 0.6 is 0 Å². The van der Waals surface area contributed by atoms with Crippen molar-refractivity contribution in [3.05, 3.63) is 46.3 Å². The van der Waals surface area contributed by atoms with Crippen LogP contribution in [0.4, 0.5) is 0 Å². The van der Waals surface area contributed by atoms with Crippen LogP contribution in [0, 0.1) is 0 Å². The van der Waals surface area contributed by atoms with Crippen LogP contribution in [-0.2, 0) is 0 Å². The van der Waals surface area contributed by atoms with Gasteiger partial charge in [-0.3, -0.25) is 4.79 Å². The predicted molar refractivity (Wildman–Crippen MR) is 75.9 cm³/mol. The molecule has 1 aliphatic rings. The lowest BCUT2D eigenvalue weighted by Gasteiger charge is -2.33. The first-order valence-electron chi connectivity index (χ1n) is 6.71. The van der Waals surface area contributed by atoms with E-state index in [-0.39, 0.29) is 17.5 Å². The number of hydrogen-bond donors (Lipinski definition) is 1. The number of piperazine rings is 1. The minimum atomic E-state index is -0.570. The highest BCUT2D eigenvalue weighted by Gasteiger charge is 2.26. The second-order valence-corrected chi connectivity index (χ2v) is 5.04. The maximum atomic E-state index is 12.5. The van der Waals surface area contributed by atoms with Crippen molar-refractivity contribution in [1.82, 2.24) is 10.2 Å². The molecule has 3 rings (SSSR count). The molecule has 1 amide bonds. The Bertz CT molecular complexity index is 708. The fraction of sp³-hybridized carbons (Fsp3) is 0.333. The number of nitrogens with zero attached hydrogens (tertiary/aromatic N) is 1. The van der Waals surface area contributed by atoms with Crippen molar-refractivity contribution in [2.24, 2.45) is 0 Å². The lowest BCUT2D eigenvalue weighted by Crippen LogP contribution is -2.52. The molecule has 20 heavy (non-hydrogen) atoms. The lowest BCUT2D eigenvalue weighted by atomic mass is 10.1. The quantitative estimate of drug-likeness (QED) is 0.793. The lowest BCUT2D eigenvalue weighted by molar-refractivity contribution is 0.0651. The van der Waals surface area contributed by atoms with E-state index in [2.05, 4.69) is 5.32 Å². The number of fused-ring (bicyclic) bond motifs is 1. The third kappa shape index (κ3) is 2.20. The highest BCUT2D eigenvalue weighted by Crippen LogP contribution is 2.15. The Morgan fingerprint density at radius 3 is 3.00 bits per heavy atom. The van der Waals surface area contributed by atoms with E-state index in [4.69, 9.17) is 4.42 Å². The molecule has 0 aliphatic carbocycles. The molecule has 1 aromatic carbocycles. The fourth-order valence-corrected chi connectivity index (χ4v) is 2.51. The van der Waals surface area contributed by atoms with Gasteiger partial charge in [0, 0.05) is 31.1 Å². The molecule has 1 fully saturated rings. The largest absolute Gasteiger partial charge is 0.422 e. The van der Waals surface area contributed by atoms with Gasteiger partial charge in [0.1, 0.15) is 11.1 Å². The molecule has 1 aliphatic heterocycles. The Kier molecular flexibility index (Phi) is 3.28. The van der Waals surface area contributed by atoms with Gasteiger partial charge in [0.05, 0.1) is 0 Å². The minimum absolute atomic E-state index is 0.0714. The number of nitrogens with one attached hydrogen (secondary N) is 1. The molecular formula is C15H16N2O3. The second kappa shape index (κ2) is 5.09. The summed E-state index contributed by atoms with van der Waals surface area (Å²) in [6, 6.07) is 8.89. The number of benzene rings is 1. The summed E-state index contributed by atoms with van der Waals surface area (Å²) < 4.78 is 5.22. The molecule has 2 aromatic rings. The normalized spacial score (nSPS) is 19.2. The number of carbonyl (C=O) groups is 1. The summed E-state index contributed by atoms with van der Waals surface area (Å²) >= 11 is 0. The van der Waals surface area contributed by atoms with Crippen LogP contribution in [0.3, 0.4) is 0 Å². The van der Waals surface area contributed by atoms with Crippen LogP contribution in [0.1, 0.15) is 17.3 Å². The van der Waals surface area contributed by atoms with E-state index >= 15 is 0 Å². The zero-order chi connectivity index (χ0) is 14.1. The maximum Gasteiger partial charge on any atom is 0.349 e. The van der Waals surface area contributed by atoms with Crippen molar-refractivity contribution >= 4 is 16.9 Å². The van der Waals surface area contributed by atoms with Crippen molar-refractivity contribution in [2.45, 2.75) is 13.0 Å². The Hall–Kier alpha value is -2.14. The van der Waals surface area contributed by atoms with Crippen molar-refractivity contribution in [1.29, 1.82) is 0 Å². The summed E-state index contributed by atoms with van der Waals surface area (Å²) in [4.78, 5) is 26.2. The zero-order valence-corrected chi connectivity index (χ0v) is 11.3. The molecule has 1 saturated heterocycles. The van der Waals surface area contributed by atoms with Gasteiger partial charge in [-0.15, -0.1) is 0 Å². The van der Waals surface area contributed by atoms with Crippen molar-refractivity contribution < 1.29 is 9.21 Å². The standard InChI is InChI=1S/C15H16N2O3/c1-10-9-16-6-7-17(10)14(18)12-8-11-4-2-3-5-13(11)20-15(12)19/h2-5,8,10,16H,6-7,9H2,1H3/t10-/m1/s1. The van der Waals surface area contributed by atoms with Crippen LogP contribution in [0.25, 0.3) is 11.0 Å². The Labute approximate surface area is 116 Å². The molecule has 104 valence electrons. The third-order valence-electron chi connectivity index (χ3n) is 3.63. The SMILES string of the molecule is C[C@@H]1CNCCN1C(=O)c1cc2ccccc2oc1=O. The molecule has 0 bridgehead atoms. The molecule has 0 saturated carbocycles. The molecule has 1 aromatic heterocycles. The Morgan fingerprint density at radius 2 is 2.20 bits per heavy atom. The van der Waals surface area contributed by atoms with Gasteiger partial charge in [-0.25, -0.2) is 4.79 Å². The molecule has 5 heteroatoms. The van der Waals surface area contributed by atoms with E-state index in [9.17, 15) is 9.59 Å². The summed E-state index contributed by atoms with van der Waals surface area (Å²) in [7, 11) is 0. The van der Waals surface area contributed by atoms with Crippen molar-refractivity contribution in [3.63, 3.8) is 0 Å². The minimum Gasteiger partial charge on any atom is -0.422 e. The summed E-state index contributed by atoms with van der Waals surface area (Å²) in [5.41, 5.74) is 0.0410. The highest BCUT2D eigenvalue weighted by atomic mass is 16.4. The highest BCUT2D eigenvalue weighted by molar-refractivity contribution is 5.96. The topological polar surface area (TPSA) is 62.6 Å². The van der Waals surface area contributed by atoms with E-state index in [0.717, 1.165) is 18.5 Å². The first-order valence-corrected chi connectivity index (χ1v) is 6.71. The Morgan fingerprint density at radius 1 is 1.40 bits per heavy atom. The van der Waals surface area contributed by atoms with Crippen molar-refractivity contribution in [2.75, 3.05) is 19.6 Å². The molecule has 0 unspecified atom stereocenters. The average Bonchev–Trinajstić information content (AvgIpc) is 2.46. The molecule has 5 nitrogen and oxygen atoms in total. The van der Waals surface area contributed by atoms with Gasteiger partial charge in [-0.05, 0) is 19.1 Å².